The number of fused-ring (bicyclic) bond motifs is 1. The van der Waals surface area contributed by atoms with Crippen LogP contribution in [0.2, 0.25) is 0 Å². The van der Waals surface area contributed by atoms with Crippen molar-refractivity contribution in [1.29, 1.82) is 0 Å². The minimum Gasteiger partial charge on any atom is -0.381 e. The summed E-state index contributed by atoms with van der Waals surface area (Å²) < 4.78 is 5.73. The number of amides is 1. The van der Waals surface area contributed by atoms with E-state index in [1.165, 1.54) is 62.1 Å². The van der Waals surface area contributed by atoms with Crippen molar-refractivity contribution in [3.05, 3.63) is 21.4 Å². The molecule has 144 valence electrons. The van der Waals surface area contributed by atoms with Crippen LogP contribution in [0, 0.1) is 5.41 Å². The van der Waals surface area contributed by atoms with Crippen molar-refractivity contribution in [2.24, 2.45) is 5.41 Å². The van der Waals surface area contributed by atoms with Crippen molar-refractivity contribution in [2.75, 3.05) is 39.4 Å². The monoisotopic (exact) mass is 376 g/mol. The van der Waals surface area contributed by atoms with Crippen LogP contribution in [0.5, 0.6) is 0 Å². The van der Waals surface area contributed by atoms with Crippen LogP contribution in [0.4, 0.5) is 0 Å². The van der Waals surface area contributed by atoms with Gasteiger partial charge in [0.05, 0.1) is 11.5 Å². The van der Waals surface area contributed by atoms with Gasteiger partial charge in [0.25, 0.3) is 5.91 Å². The predicted molar refractivity (Wildman–Crippen MR) is 106 cm³/mol. The lowest BCUT2D eigenvalue weighted by Crippen LogP contribution is -2.45. The number of aryl methyl sites for hydroxylation is 2. The Morgan fingerprint density at radius 1 is 1.15 bits per heavy atom. The second kappa shape index (κ2) is 8.41. The molecule has 1 aromatic heterocycles. The van der Waals surface area contributed by atoms with Crippen molar-refractivity contribution < 1.29 is 9.53 Å². The van der Waals surface area contributed by atoms with Crippen LogP contribution >= 0.6 is 11.3 Å². The van der Waals surface area contributed by atoms with Crippen LogP contribution in [0.25, 0.3) is 0 Å². The van der Waals surface area contributed by atoms with Gasteiger partial charge in [-0.15, -0.1) is 11.3 Å². The molecule has 0 spiro atoms. The van der Waals surface area contributed by atoms with Crippen molar-refractivity contribution in [3.63, 3.8) is 0 Å². The third-order valence-corrected chi connectivity index (χ3v) is 7.52. The molecule has 1 amide bonds. The summed E-state index contributed by atoms with van der Waals surface area (Å²) in [5, 5.41) is 3.26. The zero-order valence-corrected chi connectivity index (χ0v) is 16.7. The van der Waals surface area contributed by atoms with Gasteiger partial charge in [0.2, 0.25) is 0 Å². The van der Waals surface area contributed by atoms with E-state index in [9.17, 15) is 4.79 Å². The Kier molecular flexibility index (Phi) is 5.97. The highest BCUT2D eigenvalue weighted by atomic mass is 32.1. The molecule has 0 saturated carbocycles. The molecule has 4 rings (SSSR count). The van der Waals surface area contributed by atoms with Gasteiger partial charge in [-0.2, -0.15) is 0 Å². The Morgan fingerprint density at radius 2 is 1.96 bits per heavy atom. The highest BCUT2D eigenvalue weighted by Gasteiger charge is 2.37. The van der Waals surface area contributed by atoms with E-state index in [4.69, 9.17) is 4.74 Å². The molecule has 1 atom stereocenters. The fourth-order valence-electron chi connectivity index (χ4n) is 4.70. The maximum atomic E-state index is 12.8. The number of rotatable bonds is 5. The molecule has 4 nitrogen and oxygen atoms in total. The lowest BCUT2D eigenvalue weighted by atomic mass is 9.86. The molecular weight excluding hydrogens is 344 g/mol. The first-order valence-corrected chi connectivity index (χ1v) is 11.3. The normalized spacial score (nSPS) is 27.1. The van der Waals surface area contributed by atoms with E-state index in [0.29, 0.717) is 0 Å². The summed E-state index contributed by atoms with van der Waals surface area (Å²) in [5.74, 6) is 0.120. The molecular formula is C21H32N2O2S. The molecule has 2 aliphatic heterocycles. The van der Waals surface area contributed by atoms with E-state index in [1.54, 1.807) is 11.3 Å². The van der Waals surface area contributed by atoms with Crippen molar-refractivity contribution in [3.8, 4) is 0 Å². The van der Waals surface area contributed by atoms with Crippen molar-refractivity contribution in [1.82, 2.24) is 10.2 Å². The summed E-state index contributed by atoms with van der Waals surface area (Å²) in [6.07, 6.45) is 11.2. The minimum absolute atomic E-state index is 0.103. The standard InChI is InChI=1S/C21H32N2O2S/c24-20(19-13-17-7-3-1-2-4-8-18(17)26-19)22-14-21(9-12-25-16-21)15-23-10-5-6-11-23/h13H,1-12,14-16H2,(H,22,24). The topological polar surface area (TPSA) is 41.6 Å². The number of ether oxygens (including phenoxy) is 1. The highest BCUT2D eigenvalue weighted by Crippen LogP contribution is 2.31. The van der Waals surface area contributed by atoms with Gasteiger partial charge < -0.3 is 15.0 Å². The molecule has 2 saturated heterocycles. The van der Waals surface area contributed by atoms with Crippen LogP contribution in [-0.4, -0.2) is 50.2 Å². The first-order valence-electron chi connectivity index (χ1n) is 10.4. The Balaban J connectivity index is 1.38. The molecule has 3 heterocycles. The minimum atomic E-state index is 0.103. The van der Waals surface area contributed by atoms with Crippen LogP contribution in [0.15, 0.2) is 6.07 Å². The zero-order chi connectivity index (χ0) is 17.8. The maximum Gasteiger partial charge on any atom is 0.261 e. The van der Waals surface area contributed by atoms with Gasteiger partial charge in [0, 0.05) is 30.0 Å². The summed E-state index contributed by atoms with van der Waals surface area (Å²) in [6, 6.07) is 2.17. The van der Waals surface area contributed by atoms with Gasteiger partial charge in [-0.1, -0.05) is 12.8 Å². The number of thiophene rings is 1. The van der Waals surface area contributed by atoms with E-state index in [-0.39, 0.29) is 11.3 Å². The molecule has 3 aliphatic rings. The Hall–Kier alpha value is -0.910. The second-order valence-corrected chi connectivity index (χ2v) is 9.58. The largest absolute Gasteiger partial charge is 0.381 e. The van der Waals surface area contributed by atoms with Gasteiger partial charge in [-0.3, -0.25) is 4.79 Å². The van der Waals surface area contributed by atoms with Crippen LogP contribution in [0.1, 0.15) is 65.1 Å². The van der Waals surface area contributed by atoms with Crippen molar-refractivity contribution in [2.45, 2.75) is 57.8 Å². The SMILES string of the molecule is O=C(NCC1(CN2CCCC2)CCOC1)c1cc2c(s1)CCCCCC2. The summed E-state index contributed by atoms with van der Waals surface area (Å²) >= 11 is 1.73. The van der Waals surface area contributed by atoms with Gasteiger partial charge in [0.1, 0.15) is 0 Å². The Bertz CT molecular complexity index is 590. The van der Waals surface area contributed by atoms with Gasteiger partial charge in [-0.05, 0) is 69.7 Å². The molecule has 0 radical (unpaired) electrons. The number of nitrogens with zero attached hydrogens (tertiary/aromatic N) is 1. The van der Waals surface area contributed by atoms with Crippen LogP contribution in [-0.2, 0) is 17.6 Å². The third-order valence-electron chi connectivity index (χ3n) is 6.29. The molecule has 0 bridgehead atoms. The second-order valence-electron chi connectivity index (χ2n) is 8.44. The number of carbonyl (C=O) groups excluding carboxylic acids is 1. The molecule has 26 heavy (non-hydrogen) atoms. The van der Waals surface area contributed by atoms with E-state index in [0.717, 1.165) is 50.4 Å². The lowest BCUT2D eigenvalue weighted by molar-refractivity contribution is 0.0882. The van der Waals surface area contributed by atoms with E-state index in [1.807, 2.05) is 0 Å². The number of nitrogens with one attached hydrogen (secondary N) is 1. The van der Waals surface area contributed by atoms with Gasteiger partial charge in [-0.25, -0.2) is 0 Å². The fourth-order valence-corrected chi connectivity index (χ4v) is 5.87. The first-order chi connectivity index (χ1) is 12.7. The maximum absolute atomic E-state index is 12.8. The van der Waals surface area contributed by atoms with Crippen molar-refractivity contribution >= 4 is 17.2 Å². The first kappa shape index (κ1) is 18.5. The Morgan fingerprint density at radius 3 is 2.73 bits per heavy atom. The zero-order valence-electron chi connectivity index (χ0n) is 15.9. The Labute approximate surface area is 161 Å². The number of carbonyl (C=O) groups is 1. The van der Waals surface area contributed by atoms with E-state index < -0.39 is 0 Å². The predicted octanol–water partition coefficient (Wildman–Crippen LogP) is 3.64. The smallest absolute Gasteiger partial charge is 0.261 e. The van der Waals surface area contributed by atoms with Gasteiger partial charge >= 0.3 is 0 Å². The average Bonchev–Trinajstić information content (AvgIpc) is 3.36. The summed E-state index contributed by atoms with van der Waals surface area (Å²) in [6.45, 7) is 5.82. The van der Waals surface area contributed by atoms with E-state index in [2.05, 4.69) is 16.3 Å². The fraction of sp³-hybridized carbons (Fsp3) is 0.762. The molecule has 1 unspecified atom stereocenters. The quantitative estimate of drug-likeness (QED) is 0.853. The molecule has 2 fully saturated rings. The number of hydrogen-bond donors (Lipinski definition) is 1. The van der Waals surface area contributed by atoms with E-state index >= 15 is 0 Å². The summed E-state index contributed by atoms with van der Waals surface area (Å²) in [5.41, 5.74) is 1.53. The van der Waals surface area contributed by atoms with Crippen LogP contribution in [0.3, 0.4) is 0 Å². The lowest BCUT2D eigenvalue weighted by Gasteiger charge is -2.32. The molecule has 1 N–H and O–H groups in total. The number of hydrogen-bond acceptors (Lipinski definition) is 4. The summed E-state index contributed by atoms with van der Waals surface area (Å²) in [4.78, 5) is 17.7. The molecule has 1 aromatic rings. The number of likely N-dealkylation sites (tertiary alicyclic amines) is 1. The molecule has 1 aliphatic carbocycles. The third kappa shape index (κ3) is 4.32. The average molecular weight is 377 g/mol. The van der Waals surface area contributed by atoms with Gasteiger partial charge in [0.15, 0.2) is 0 Å². The van der Waals surface area contributed by atoms with Crippen LogP contribution < -0.4 is 5.32 Å². The highest BCUT2D eigenvalue weighted by molar-refractivity contribution is 7.14. The molecule has 0 aromatic carbocycles. The molecule has 5 heteroatoms. The summed E-state index contributed by atoms with van der Waals surface area (Å²) in [7, 11) is 0.